The first kappa shape index (κ1) is 17.7. The molecule has 1 aliphatic rings. The van der Waals surface area contributed by atoms with Gasteiger partial charge < -0.3 is 4.90 Å². The fourth-order valence-electron chi connectivity index (χ4n) is 3.79. The summed E-state index contributed by atoms with van der Waals surface area (Å²) in [7, 11) is 0. The Morgan fingerprint density at radius 1 is 0.759 bits per heavy atom. The summed E-state index contributed by atoms with van der Waals surface area (Å²) in [6, 6.07) is 16.3. The van der Waals surface area contributed by atoms with Crippen LogP contribution in [-0.4, -0.2) is 51.0 Å². The molecule has 1 fully saturated rings. The van der Waals surface area contributed by atoms with E-state index in [-0.39, 0.29) is 0 Å². The Morgan fingerprint density at radius 2 is 1.55 bits per heavy atom. The van der Waals surface area contributed by atoms with E-state index in [1.807, 2.05) is 42.9 Å². The summed E-state index contributed by atoms with van der Waals surface area (Å²) >= 11 is 0. The maximum Gasteiger partial charge on any atom is 0.163 e. The lowest BCUT2D eigenvalue weighted by atomic mass is 10.1. The minimum Gasteiger partial charge on any atom is -0.353 e. The molecule has 6 nitrogen and oxygen atoms in total. The van der Waals surface area contributed by atoms with Crippen molar-refractivity contribution in [3.05, 3.63) is 78.9 Å². The van der Waals surface area contributed by atoms with Crippen molar-refractivity contribution in [1.29, 1.82) is 0 Å². The van der Waals surface area contributed by atoms with E-state index in [4.69, 9.17) is 9.97 Å². The van der Waals surface area contributed by atoms with Gasteiger partial charge in [-0.25, -0.2) is 9.97 Å². The highest BCUT2D eigenvalue weighted by atomic mass is 15.3. The Balaban J connectivity index is 1.41. The molecule has 4 aromatic rings. The molecule has 3 aromatic heterocycles. The Bertz CT molecular complexity index is 1090. The summed E-state index contributed by atoms with van der Waals surface area (Å²) in [4.78, 5) is 23.0. The van der Waals surface area contributed by atoms with Crippen molar-refractivity contribution in [2.24, 2.45) is 0 Å². The molecule has 5 rings (SSSR count). The highest BCUT2D eigenvalue weighted by Crippen LogP contribution is 2.28. The van der Waals surface area contributed by atoms with Crippen LogP contribution in [-0.2, 0) is 6.54 Å². The van der Waals surface area contributed by atoms with Crippen molar-refractivity contribution in [3.63, 3.8) is 0 Å². The summed E-state index contributed by atoms with van der Waals surface area (Å²) in [5.41, 5.74) is 3.16. The Morgan fingerprint density at radius 3 is 2.31 bits per heavy atom. The van der Waals surface area contributed by atoms with Crippen LogP contribution in [0.2, 0.25) is 0 Å². The van der Waals surface area contributed by atoms with E-state index in [1.165, 1.54) is 5.56 Å². The van der Waals surface area contributed by atoms with Crippen LogP contribution in [0.1, 0.15) is 5.56 Å². The molecule has 0 radical (unpaired) electrons. The largest absolute Gasteiger partial charge is 0.353 e. The van der Waals surface area contributed by atoms with Gasteiger partial charge in [-0.3, -0.25) is 14.9 Å². The van der Waals surface area contributed by atoms with Gasteiger partial charge in [0, 0.05) is 68.5 Å². The highest BCUT2D eigenvalue weighted by Gasteiger charge is 2.21. The maximum absolute atomic E-state index is 4.95. The summed E-state index contributed by atoms with van der Waals surface area (Å²) in [5.74, 6) is 1.74. The third kappa shape index (κ3) is 3.79. The first-order valence-corrected chi connectivity index (χ1v) is 9.90. The number of fused-ring (bicyclic) bond motifs is 1. The number of aromatic nitrogens is 4. The second-order valence-electron chi connectivity index (χ2n) is 7.25. The van der Waals surface area contributed by atoms with Crippen molar-refractivity contribution in [1.82, 2.24) is 24.8 Å². The standard InChI is InChI=1S/C23H22N6/c1-2-8-21-20(7-1)23(27-22(26-21)19-6-4-10-25-16-19)29-13-11-28(12-14-29)17-18-5-3-9-24-15-18/h1-10,15-16H,11-14,17H2. The molecular weight excluding hydrogens is 360 g/mol. The Kier molecular flexibility index (Phi) is 4.84. The van der Waals surface area contributed by atoms with Gasteiger partial charge in [-0.2, -0.15) is 0 Å². The van der Waals surface area contributed by atoms with Crippen LogP contribution in [0.3, 0.4) is 0 Å². The van der Waals surface area contributed by atoms with Gasteiger partial charge >= 0.3 is 0 Å². The number of hydrogen-bond donors (Lipinski definition) is 0. The van der Waals surface area contributed by atoms with Gasteiger partial charge in [0.1, 0.15) is 5.82 Å². The minimum atomic E-state index is 0.726. The van der Waals surface area contributed by atoms with E-state index in [1.54, 1.807) is 6.20 Å². The van der Waals surface area contributed by atoms with Gasteiger partial charge in [-0.05, 0) is 35.9 Å². The SMILES string of the molecule is c1cncc(CN2CCN(c3nc(-c4cccnc4)nc4ccccc34)CC2)c1. The number of pyridine rings is 2. The topological polar surface area (TPSA) is 58.0 Å². The van der Waals surface area contributed by atoms with Crippen LogP contribution in [0.15, 0.2) is 73.3 Å². The maximum atomic E-state index is 4.95. The molecule has 0 bridgehead atoms. The number of hydrogen-bond acceptors (Lipinski definition) is 6. The third-order valence-corrected chi connectivity index (χ3v) is 5.30. The van der Waals surface area contributed by atoms with Crippen LogP contribution in [0, 0.1) is 0 Å². The molecule has 0 N–H and O–H groups in total. The summed E-state index contributed by atoms with van der Waals surface area (Å²) in [5, 5.41) is 1.10. The molecule has 0 aliphatic carbocycles. The fourth-order valence-corrected chi connectivity index (χ4v) is 3.79. The molecule has 1 aliphatic heterocycles. The fraction of sp³-hybridized carbons (Fsp3) is 0.217. The Labute approximate surface area is 169 Å². The molecule has 6 heteroatoms. The number of nitrogens with zero attached hydrogens (tertiary/aromatic N) is 6. The van der Waals surface area contributed by atoms with E-state index < -0.39 is 0 Å². The second kappa shape index (κ2) is 7.93. The van der Waals surface area contributed by atoms with Crippen LogP contribution in [0.25, 0.3) is 22.3 Å². The van der Waals surface area contributed by atoms with Crippen molar-refractivity contribution in [3.8, 4) is 11.4 Å². The minimum absolute atomic E-state index is 0.726. The lowest BCUT2D eigenvalue weighted by Gasteiger charge is -2.36. The summed E-state index contributed by atoms with van der Waals surface area (Å²) in [6.45, 7) is 4.81. The van der Waals surface area contributed by atoms with E-state index in [0.29, 0.717) is 0 Å². The molecule has 1 aromatic carbocycles. The van der Waals surface area contributed by atoms with Crippen molar-refractivity contribution >= 4 is 16.7 Å². The van der Waals surface area contributed by atoms with Crippen LogP contribution < -0.4 is 4.90 Å². The number of para-hydroxylation sites is 1. The zero-order chi connectivity index (χ0) is 19.5. The highest BCUT2D eigenvalue weighted by molar-refractivity contribution is 5.91. The molecule has 29 heavy (non-hydrogen) atoms. The number of benzene rings is 1. The average molecular weight is 382 g/mol. The predicted octanol–water partition coefficient (Wildman–Crippen LogP) is 3.41. The number of rotatable bonds is 4. The summed E-state index contributed by atoms with van der Waals surface area (Å²) < 4.78 is 0. The molecular formula is C23H22N6. The predicted molar refractivity (Wildman–Crippen MR) is 114 cm³/mol. The van der Waals surface area contributed by atoms with E-state index >= 15 is 0 Å². The normalized spacial score (nSPS) is 15.0. The number of anilines is 1. The molecule has 0 atom stereocenters. The average Bonchev–Trinajstić information content (AvgIpc) is 2.80. The molecule has 4 heterocycles. The molecule has 0 spiro atoms. The van der Waals surface area contributed by atoms with Gasteiger partial charge in [-0.1, -0.05) is 18.2 Å². The van der Waals surface area contributed by atoms with Crippen molar-refractivity contribution < 1.29 is 0 Å². The van der Waals surface area contributed by atoms with E-state index in [2.05, 4.69) is 44.0 Å². The Hall–Kier alpha value is -3.38. The van der Waals surface area contributed by atoms with Crippen LogP contribution >= 0.6 is 0 Å². The smallest absolute Gasteiger partial charge is 0.163 e. The van der Waals surface area contributed by atoms with E-state index in [0.717, 1.165) is 60.8 Å². The molecule has 1 saturated heterocycles. The molecule has 0 saturated carbocycles. The van der Waals surface area contributed by atoms with Crippen molar-refractivity contribution in [2.75, 3.05) is 31.1 Å². The van der Waals surface area contributed by atoms with Crippen LogP contribution in [0.5, 0.6) is 0 Å². The van der Waals surface area contributed by atoms with Gasteiger partial charge in [0.15, 0.2) is 5.82 Å². The second-order valence-corrected chi connectivity index (χ2v) is 7.25. The first-order valence-electron chi connectivity index (χ1n) is 9.90. The van der Waals surface area contributed by atoms with Crippen LogP contribution in [0.4, 0.5) is 5.82 Å². The van der Waals surface area contributed by atoms with Gasteiger partial charge in [0.05, 0.1) is 5.52 Å². The number of piperazine rings is 1. The van der Waals surface area contributed by atoms with Gasteiger partial charge in [-0.15, -0.1) is 0 Å². The quantitative estimate of drug-likeness (QED) is 0.539. The molecule has 0 unspecified atom stereocenters. The zero-order valence-electron chi connectivity index (χ0n) is 16.1. The molecule has 0 amide bonds. The van der Waals surface area contributed by atoms with Crippen molar-refractivity contribution in [2.45, 2.75) is 6.54 Å². The van der Waals surface area contributed by atoms with Gasteiger partial charge in [0.25, 0.3) is 0 Å². The lowest BCUT2D eigenvalue weighted by Crippen LogP contribution is -2.46. The zero-order valence-corrected chi connectivity index (χ0v) is 16.1. The van der Waals surface area contributed by atoms with Gasteiger partial charge in [0.2, 0.25) is 0 Å². The summed E-state index contributed by atoms with van der Waals surface area (Å²) in [6.07, 6.45) is 7.36. The molecule has 144 valence electrons. The van der Waals surface area contributed by atoms with E-state index in [9.17, 15) is 0 Å². The monoisotopic (exact) mass is 382 g/mol. The lowest BCUT2D eigenvalue weighted by molar-refractivity contribution is 0.249. The third-order valence-electron chi connectivity index (χ3n) is 5.30. The first-order chi connectivity index (χ1) is 14.4.